The monoisotopic (exact) mass is 297 g/mol. The van der Waals surface area contributed by atoms with Crippen LogP contribution in [0.1, 0.15) is 0 Å². The van der Waals surface area contributed by atoms with Crippen molar-refractivity contribution in [1.82, 2.24) is 0 Å². The number of hydrogen-bond donors (Lipinski definition) is 1. The first-order valence-electron chi connectivity index (χ1n) is 6.54. The van der Waals surface area contributed by atoms with Gasteiger partial charge >= 0.3 is 0 Å². The van der Waals surface area contributed by atoms with E-state index < -0.39 is 9.84 Å². The van der Waals surface area contributed by atoms with Crippen molar-refractivity contribution in [2.45, 2.75) is 4.90 Å². The van der Waals surface area contributed by atoms with Crippen LogP contribution in [0.5, 0.6) is 0 Å². The average molecular weight is 297 g/mol. The average Bonchev–Trinajstić information content (AvgIpc) is 2.46. The van der Waals surface area contributed by atoms with Crippen molar-refractivity contribution in [2.24, 2.45) is 0 Å². The molecule has 0 amide bonds. The van der Waals surface area contributed by atoms with Crippen LogP contribution in [-0.4, -0.2) is 14.7 Å². The molecule has 0 saturated heterocycles. The molecule has 0 fully saturated rings. The Hall–Kier alpha value is -2.33. The molecule has 2 N–H and O–H groups in total. The Morgan fingerprint density at radius 3 is 2.29 bits per heavy atom. The lowest BCUT2D eigenvalue weighted by Gasteiger charge is -2.09. The minimum atomic E-state index is -3.22. The van der Waals surface area contributed by atoms with Crippen molar-refractivity contribution < 1.29 is 8.42 Å². The number of anilines is 1. The minimum absolute atomic E-state index is 0.320. The van der Waals surface area contributed by atoms with Crippen LogP contribution in [-0.2, 0) is 9.84 Å². The molecule has 0 radical (unpaired) electrons. The lowest BCUT2D eigenvalue weighted by Crippen LogP contribution is -1.97. The molecular formula is C17H15NO2S. The summed E-state index contributed by atoms with van der Waals surface area (Å²) in [5.74, 6) is 0. The molecule has 0 bridgehead atoms. The van der Waals surface area contributed by atoms with Gasteiger partial charge in [0.2, 0.25) is 0 Å². The summed E-state index contributed by atoms with van der Waals surface area (Å²) >= 11 is 0. The van der Waals surface area contributed by atoms with Crippen molar-refractivity contribution in [3.05, 3.63) is 60.7 Å². The van der Waals surface area contributed by atoms with E-state index in [0.717, 1.165) is 21.9 Å². The van der Waals surface area contributed by atoms with E-state index in [1.807, 2.05) is 42.5 Å². The topological polar surface area (TPSA) is 60.2 Å². The molecule has 0 aliphatic carbocycles. The third-order valence-corrected chi connectivity index (χ3v) is 4.64. The predicted octanol–water partition coefficient (Wildman–Crippen LogP) is 3.49. The lowest BCUT2D eigenvalue weighted by atomic mass is 9.97. The molecule has 0 aliphatic heterocycles. The summed E-state index contributed by atoms with van der Waals surface area (Å²) in [5.41, 5.74) is 8.57. The molecule has 0 heterocycles. The normalized spacial score (nSPS) is 11.7. The van der Waals surface area contributed by atoms with Gasteiger partial charge in [-0.2, -0.15) is 0 Å². The Morgan fingerprint density at radius 1 is 0.857 bits per heavy atom. The Balaban J connectivity index is 2.29. The van der Waals surface area contributed by atoms with Crippen molar-refractivity contribution in [3.8, 4) is 11.1 Å². The maximum atomic E-state index is 11.7. The van der Waals surface area contributed by atoms with Gasteiger partial charge in [-0.15, -0.1) is 0 Å². The van der Waals surface area contributed by atoms with Gasteiger partial charge < -0.3 is 5.73 Å². The zero-order chi connectivity index (χ0) is 15.0. The molecule has 0 atom stereocenters. The van der Waals surface area contributed by atoms with Crippen LogP contribution in [0.15, 0.2) is 65.6 Å². The number of benzene rings is 3. The molecule has 3 nitrogen and oxygen atoms in total. The molecule has 0 spiro atoms. The highest BCUT2D eigenvalue weighted by molar-refractivity contribution is 7.90. The molecule has 106 valence electrons. The Morgan fingerprint density at radius 2 is 1.52 bits per heavy atom. The summed E-state index contributed by atoms with van der Waals surface area (Å²) in [4.78, 5) is 0.320. The van der Waals surface area contributed by atoms with Gasteiger partial charge in [-0.3, -0.25) is 0 Å². The molecule has 0 unspecified atom stereocenters. The van der Waals surface area contributed by atoms with Gasteiger partial charge in [-0.25, -0.2) is 8.42 Å². The molecular weight excluding hydrogens is 282 g/mol. The summed E-state index contributed by atoms with van der Waals surface area (Å²) in [6.07, 6.45) is 1.22. The zero-order valence-corrected chi connectivity index (χ0v) is 12.4. The standard InChI is InChI=1S/C17H15NO2S/c1-21(19,20)13-6-2-5-12(11-13)14-7-3-9-16-15(14)8-4-10-17(16)18/h2-11H,18H2,1H3. The summed E-state index contributed by atoms with van der Waals surface area (Å²) in [6.45, 7) is 0. The second-order valence-corrected chi connectivity index (χ2v) is 7.06. The van der Waals surface area contributed by atoms with Crippen molar-refractivity contribution in [1.29, 1.82) is 0 Å². The van der Waals surface area contributed by atoms with E-state index in [1.165, 1.54) is 6.26 Å². The first-order chi connectivity index (χ1) is 9.97. The summed E-state index contributed by atoms with van der Waals surface area (Å²) in [5, 5.41) is 1.99. The Kier molecular flexibility index (Phi) is 3.18. The van der Waals surface area contributed by atoms with Gasteiger partial charge in [-0.05, 0) is 34.7 Å². The number of nitrogens with two attached hydrogens (primary N) is 1. The zero-order valence-electron chi connectivity index (χ0n) is 11.6. The van der Waals surface area contributed by atoms with Gasteiger partial charge in [0.05, 0.1) is 4.90 Å². The molecule has 3 aromatic carbocycles. The van der Waals surface area contributed by atoms with Gasteiger partial charge in [-0.1, -0.05) is 42.5 Å². The fourth-order valence-electron chi connectivity index (χ4n) is 2.48. The van der Waals surface area contributed by atoms with Gasteiger partial charge in [0.25, 0.3) is 0 Å². The predicted molar refractivity (Wildman–Crippen MR) is 86.9 cm³/mol. The van der Waals surface area contributed by atoms with Crippen LogP contribution in [0.2, 0.25) is 0 Å². The number of fused-ring (bicyclic) bond motifs is 1. The quantitative estimate of drug-likeness (QED) is 0.736. The lowest BCUT2D eigenvalue weighted by molar-refractivity contribution is 0.602. The number of nitrogen functional groups attached to an aromatic ring is 1. The van der Waals surface area contributed by atoms with E-state index in [4.69, 9.17) is 5.73 Å². The first-order valence-corrected chi connectivity index (χ1v) is 8.44. The molecule has 0 saturated carbocycles. The summed E-state index contributed by atoms with van der Waals surface area (Å²) in [6, 6.07) is 18.6. The van der Waals surface area contributed by atoms with Crippen LogP contribution in [0.25, 0.3) is 21.9 Å². The van der Waals surface area contributed by atoms with E-state index in [0.29, 0.717) is 10.6 Å². The largest absolute Gasteiger partial charge is 0.398 e. The van der Waals surface area contributed by atoms with Crippen molar-refractivity contribution in [3.63, 3.8) is 0 Å². The maximum Gasteiger partial charge on any atom is 0.175 e. The van der Waals surface area contributed by atoms with Crippen LogP contribution in [0, 0.1) is 0 Å². The first kappa shape index (κ1) is 13.6. The fraction of sp³-hybridized carbons (Fsp3) is 0.0588. The number of hydrogen-bond acceptors (Lipinski definition) is 3. The maximum absolute atomic E-state index is 11.7. The fourth-order valence-corrected chi connectivity index (χ4v) is 3.15. The van der Waals surface area contributed by atoms with Gasteiger partial charge in [0, 0.05) is 17.3 Å². The highest BCUT2D eigenvalue weighted by Gasteiger charge is 2.10. The molecule has 21 heavy (non-hydrogen) atoms. The van der Waals surface area contributed by atoms with Crippen molar-refractivity contribution >= 4 is 26.3 Å². The van der Waals surface area contributed by atoms with Crippen LogP contribution in [0.4, 0.5) is 5.69 Å². The smallest absolute Gasteiger partial charge is 0.175 e. The highest BCUT2D eigenvalue weighted by Crippen LogP contribution is 2.32. The van der Waals surface area contributed by atoms with E-state index in [-0.39, 0.29) is 0 Å². The molecule has 3 rings (SSSR count). The van der Waals surface area contributed by atoms with Gasteiger partial charge in [0.1, 0.15) is 0 Å². The van der Waals surface area contributed by atoms with E-state index in [2.05, 4.69) is 0 Å². The molecule has 4 heteroatoms. The Bertz CT molecular complexity index is 930. The minimum Gasteiger partial charge on any atom is -0.398 e. The SMILES string of the molecule is CS(=O)(=O)c1cccc(-c2cccc3c(N)cccc23)c1. The number of rotatable bonds is 2. The summed E-state index contributed by atoms with van der Waals surface area (Å²) < 4.78 is 23.4. The number of sulfone groups is 1. The molecule has 0 aromatic heterocycles. The van der Waals surface area contributed by atoms with E-state index in [9.17, 15) is 8.42 Å². The van der Waals surface area contributed by atoms with Gasteiger partial charge in [0.15, 0.2) is 9.84 Å². The summed E-state index contributed by atoms with van der Waals surface area (Å²) in [7, 11) is -3.22. The van der Waals surface area contributed by atoms with Crippen LogP contribution >= 0.6 is 0 Å². The molecule has 0 aliphatic rings. The van der Waals surface area contributed by atoms with Crippen molar-refractivity contribution in [2.75, 3.05) is 12.0 Å². The van der Waals surface area contributed by atoms with Crippen LogP contribution < -0.4 is 5.73 Å². The third kappa shape index (κ3) is 2.50. The van der Waals surface area contributed by atoms with Crippen LogP contribution in [0.3, 0.4) is 0 Å². The van der Waals surface area contributed by atoms with E-state index in [1.54, 1.807) is 18.2 Å². The molecule has 3 aromatic rings. The Labute approximate surface area is 124 Å². The third-order valence-electron chi connectivity index (χ3n) is 3.53. The van der Waals surface area contributed by atoms with E-state index >= 15 is 0 Å². The highest BCUT2D eigenvalue weighted by atomic mass is 32.2. The second-order valence-electron chi connectivity index (χ2n) is 5.05. The second kappa shape index (κ2) is 4.90.